The Balaban J connectivity index is 1.92. The topological polar surface area (TPSA) is 47.3 Å². The summed E-state index contributed by atoms with van der Waals surface area (Å²) in [6.45, 7) is 0. The van der Waals surface area contributed by atoms with Crippen LogP contribution in [0.2, 0.25) is 0 Å². The quantitative estimate of drug-likeness (QED) is 0.569. The molecular formula is C15H9N3OS2. The largest absolute Gasteiger partial charge is 0.275 e. The number of aromatic nitrogens is 3. The molecule has 4 nitrogen and oxygen atoms in total. The molecule has 1 aromatic carbocycles. The summed E-state index contributed by atoms with van der Waals surface area (Å²) >= 11 is 3.03. The van der Waals surface area contributed by atoms with Crippen LogP contribution in [0.5, 0.6) is 0 Å². The van der Waals surface area contributed by atoms with E-state index in [1.165, 1.54) is 15.9 Å². The minimum Gasteiger partial charge on any atom is -0.267 e. The van der Waals surface area contributed by atoms with Gasteiger partial charge >= 0.3 is 0 Å². The van der Waals surface area contributed by atoms with E-state index in [2.05, 4.69) is 10.1 Å². The summed E-state index contributed by atoms with van der Waals surface area (Å²) < 4.78 is 1.37. The van der Waals surface area contributed by atoms with Gasteiger partial charge in [-0.2, -0.15) is 9.50 Å². The third kappa shape index (κ3) is 2.18. The van der Waals surface area contributed by atoms with Crippen molar-refractivity contribution in [2.24, 2.45) is 0 Å². The monoisotopic (exact) mass is 311 g/mol. The molecule has 21 heavy (non-hydrogen) atoms. The van der Waals surface area contributed by atoms with Gasteiger partial charge in [0.15, 0.2) is 5.82 Å². The highest BCUT2D eigenvalue weighted by atomic mass is 32.1. The first-order valence-corrected chi connectivity index (χ1v) is 8.01. The fourth-order valence-electron chi connectivity index (χ4n) is 2.06. The molecule has 0 aliphatic rings. The van der Waals surface area contributed by atoms with Crippen molar-refractivity contribution < 1.29 is 0 Å². The molecule has 0 spiro atoms. The van der Waals surface area contributed by atoms with E-state index in [4.69, 9.17) is 0 Å². The van der Waals surface area contributed by atoms with E-state index >= 15 is 0 Å². The summed E-state index contributed by atoms with van der Waals surface area (Å²) in [5.74, 6) is 0.601. The molecule has 0 fully saturated rings. The van der Waals surface area contributed by atoms with Gasteiger partial charge in [-0.05, 0) is 17.0 Å². The molecule has 3 aromatic heterocycles. The predicted molar refractivity (Wildman–Crippen MR) is 85.9 cm³/mol. The molecule has 0 bridgehead atoms. The SMILES string of the molecule is O=c1cc(-c2ccccc2)sc2nc(-c3cccs3)nn12. The molecule has 0 aliphatic heterocycles. The smallest absolute Gasteiger partial charge is 0.267 e. The molecule has 0 amide bonds. The van der Waals surface area contributed by atoms with Crippen LogP contribution in [0.15, 0.2) is 58.7 Å². The number of fused-ring (bicyclic) bond motifs is 1. The van der Waals surface area contributed by atoms with Crippen LogP contribution in [0.1, 0.15) is 0 Å². The van der Waals surface area contributed by atoms with E-state index in [-0.39, 0.29) is 5.56 Å². The highest BCUT2D eigenvalue weighted by Crippen LogP contribution is 2.26. The Morgan fingerprint density at radius 1 is 1.00 bits per heavy atom. The highest BCUT2D eigenvalue weighted by Gasteiger charge is 2.11. The molecule has 4 aromatic rings. The molecule has 0 unspecified atom stereocenters. The fraction of sp³-hybridized carbons (Fsp3) is 0. The standard InChI is InChI=1S/C15H9N3OS2/c19-13-9-12(10-5-2-1-3-6-10)21-15-16-14(17-18(13)15)11-7-4-8-20-11/h1-9H. The normalized spacial score (nSPS) is 11.0. The zero-order valence-corrected chi connectivity index (χ0v) is 12.4. The van der Waals surface area contributed by atoms with Crippen molar-refractivity contribution in [3.8, 4) is 21.1 Å². The number of rotatable bonds is 2. The van der Waals surface area contributed by atoms with E-state index in [1.54, 1.807) is 17.4 Å². The molecule has 0 N–H and O–H groups in total. The Bertz CT molecular complexity index is 956. The lowest BCUT2D eigenvalue weighted by atomic mass is 10.2. The number of thiophene rings is 1. The summed E-state index contributed by atoms with van der Waals surface area (Å²) in [6.07, 6.45) is 0. The van der Waals surface area contributed by atoms with Crippen molar-refractivity contribution in [1.82, 2.24) is 14.6 Å². The van der Waals surface area contributed by atoms with Gasteiger partial charge in [0.2, 0.25) is 4.96 Å². The van der Waals surface area contributed by atoms with Crippen LogP contribution in [-0.4, -0.2) is 14.6 Å². The van der Waals surface area contributed by atoms with Gasteiger partial charge in [-0.1, -0.05) is 47.7 Å². The van der Waals surface area contributed by atoms with Gasteiger partial charge in [-0.3, -0.25) is 4.79 Å². The Labute approximate surface area is 128 Å². The molecule has 3 heterocycles. The minimum absolute atomic E-state index is 0.155. The average molecular weight is 311 g/mol. The first-order valence-electron chi connectivity index (χ1n) is 6.31. The lowest BCUT2D eigenvalue weighted by Gasteiger charge is -1.99. The van der Waals surface area contributed by atoms with Crippen LogP contribution in [0.3, 0.4) is 0 Å². The zero-order chi connectivity index (χ0) is 14.2. The minimum atomic E-state index is -0.155. The van der Waals surface area contributed by atoms with Gasteiger partial charge in [-0.15, -0.1) is 16.4 Å². The molecule has 0 saturated carbocycles. The maximum Gasteiger partial charge on any atom is 0.275 e. The summed E-state index contributed by atoms with van der Waals surface area (Å²) in [6, 6.07) is 15.3. The van der Waals surface area contributed by atoms with Gasteiger partial charge < -0.3 is 0 Å². The second kappa shape index (κ2) is 4.91. The molecular weight excluding hydrogens is 302 g/mol. The molecule has 6 heteroatoms. The summed E-state index contributed by atoms with van der Waals surface area (Å²) in [4.78, 5) is 19.2. The Morgan fingerprint density at radius 3 is 2.62 bits per heavy atom. The van der Waals surface area contributed by atoms with Gasteiger partial charge in [0.25, 0.3) is 5.56 Å². The van der Waals surface area contributed by atoms with Crippen LogP contribution >= 0.6 is 22.7 Å². The van der Waals surface area contributed by atoms with E-state index < -0.39 is 0 Å². The van der Waals surface area contributed by atoms with Crippen molar-refractivity contribution >= 4 is 27.6 Å². The summed E-state index contributed by atoms with van der Waals surface area (Å²) in [7, 11) is 0. The predicted octanol–water partition coefficient (Wildman–Crippen LogP) is 3.55. The van der Waals surface area contributed by atoms with Gasteiger partial charge in [0.05, 0.1) is 4.88 Å². The lowest BCUT2D eigenvalue weighted by Crippen LogP contribution is -2.11. The van der Waals surface area contributed by atoms with E-state index in [1.807, 2.05) is 47.8 Å². The van der Waals surface area contributed by atoms with Crippen molar-refractivity contribution in [2.75, 3.05) is 0 Å². The van der Waals surface area contributed by atoms with Gasteiger partial charge in [0.1, 0.15) is 0 Å². The molecule has 0 atom stereocenters. The van der Waals surface area contributed by atoms with Crippen LogP contribution in [0.25, 0.3) is 26.1 Å². The van der Waals surface area contributed by atoms with E-state index in [0.717, 1.165) is 15.3 Å². The van der Waals surface area contributed by atoms with Gasteiger partial charge in [0, 0.05) is 10.9 Å². The number of nitrogens with zero attached hydrogens (tertiary/aromatic N) is 3. The van der Waals surface area contributed by atoms with Gasteiger partial charge in [-0.25, -0.2) is 0 Å². The number of hydrogen-bond donors (Lipinski definition) is 0. The third-order valence-corrected chi connectivity index (χ3v) is 4.93. The highest BCUT2D eigenvalue weighted by molar-refractivity contribution is 7.20. The molecule has 0 aliphatic carbocycles. The maximum atomic E-state index is 12.2. The molecule has 0 saturated heterocycles. The molecule has 4 rings (SSSR count). The van der Waals surface area contributed by atoms with E-state index in [9.17, 15) is 4.79 Å². The second-order valence-electron chi connectivity index (χ2n) is 4.42. The summed E-state index contributed by atoms with van der Waals surface area (Å²) in [5, 5.41) is 6.27. The Hall–Kier alpha value is -2.31. The van der Waals surface area contributed by atoms with Crippen LogP contribution in [0, 0.1) is 0 Å². The Kier molecular flexibility index (Phi) is 2.90. The molecule has 0 radical (unpaired) electrons. The van der Waals surface area contributed by atoms with Crippen LogP contribution in [-0.2, 0) is 0 Å². The van der Waals surface area contributed by atoms with Crippen molar-refractivity contribution in [3.63, 3.8) is 0 Å². The third-order valence-electron chi connectivity index (χ3n) is 3.04. The maximum absolute atomic E-state index is 12.2. The zero-order valence-electron chi connectivity index (χ0n) is 10.8. The van der Waals surface area contributed by atoms with Crippen molar-refractivity contribution in [2.45, 2.75) is 0 Å². The summed E-state index contributed by atoms with van der Waals surface area (Å²) in [5.41, 5.74) is 0.862. The van der Waals surface area contributed by atoms with Crippen LogP contribution < -0.4 is 5.56 Å². The van der Waals surface area contributed by atoms with Crippen molar-refractivity contribution in [1.29, 1.82) is 0 Å². The average Bonchev–Trinajstić information content (AvgIpc) is 3.17. The Morgan fingerprint density at radius 2 is 1.86 bits per heavy atom. The first-order chi connectivity index (χ1) is 10.3. The molecule has 102 valence electrons. The number of hydrogen-bond acceptors (Lipinski definition) is 5. The lowest BCUT2D eigenvalue weighted by molar-refractivity contribution is 0.935. The van der Waals surface area contributed by atoms with Crippen LogP contribution in [0.4, 0.5) is 0 Å². The van der Waals surface area contributed by atoms with E-state index in [0.29, 0.717) is 10.8 Å². The second-order valence-corrected chi connectivity index (χ2v) is 6.38. The van der Waals surface area contributed by atoms with Crippen molar-refractivity contribution in [3.05, 3.63) is 64.3 Å². The fourth-order valence-corrected chi connectivity index (χ4v) is 3.68. The first kappa shape index (κ1) is 12.4. The number of benzene rings is 1.